The number of carbonyl (C=O) groups is 1. The summed E-state index contributed by atoms with van der Waals surface area (Å²) in [6.45, 7) is 0. The first kappa shape index (κ1) is 14.1. The average Bonchev–Trinajstić information content (AvgIpc) is 2.48. The van der Waals surface area contributed by atoms with Crippen molar-refractivity contribution in [3.05, 3.63) is 83.0 Å². The molecule has 1 N–H and O–H groups in total. The van der Waals surface area contributed by atoms with Gasteiger partial charge in [0.1, 0.15) is 0 Å². The van der Waals surface area contributed by atoms with Crippen LogP contribution in [0.1, 0.15) is 11.1 Å². The summed E-state index contributed by atoms with van der Waals surface area (Å²) < 4.78 is 0. The molecule has 0 aliphatic rings. The van der Waals surface area contributed by atoms with Crippen LogP contribution in [0, 0.1) is 0 Å². The molecule has 0 spiro atoms. The minimum Gasteiger partial charge on any atom is -0.329 e. The molecule has 0 heterocycles. The van der Waals surface area contributed by atoms with Gasteiger partial charge in [-0.05, 0) is 35.4 Å². The highest BCUT2D eigenvalue weighted by molar-refractivity contribution is 6.30. The van der Waals surface area contributed by atoms with Gasteiger partial charge in [0.15, 0.2) is 0 Å². The monoisotopic (exact) mass is 283 g/mol. The van der Waals surface area contributed by atoms with Crippen molar-refractivity contribution < 1.29 is 4.79 Å². The van der Waals surface area contributed by atoms with Crippen molar-refractivity contribution in [2.75, 3.05) is 0 Å². The molecule has 0 atom stereocenters. The Bertz CT molecular complexity index is 615. The molecular weight excluding hydrogens is 270 g/mol. The number of benzene rings is 2. The molecule has 0 saturated heterocycles. The van der Waals surface area contributed by atoms with Gasteiger partial charge in [0.2, 0.25) is 5.91 Å². The second kappa shape index (κ2) is 7.31. The van der Waals surface area contributed by atoms with Gasteiger partial charge in [-0.1, -0.05) is 54.1 Å². The van der Waals surface area contributed by atoms with Gasteiger partial charge in [-0.15, -0.1) is 0 Å². The van der Waals surface area contributed by atoms with Crippen LogP contribution in [0.3, 0.4) is 0 Å². The van der Waals surface area contributed by atoms with Gasteiger partial charge in [-0.3, -0.25) is 4.79 Å². The highest BCUT2D eigenvalue weighted by atomic mass is 35.5. The van der Waals surface area contributed by atoms with Gasteiger partial charge in [-0.25, -0.2) is 0 Å². The molecule has 0 aliphatic heterocycles. The van der Waals surface area contributed by atoms with Gasteiger partial charge in [-0.2, -0.15) is 0 Å². The third-order valence-electron chi connectivity index (χ3n) is 2.60. The average molecular weight is 284 g/mol. The second-order valence-corrected chi connectivity index (χ2v) is 4.57. The van der Waals surface area contributed by atoms with Gasteiger partial charge in [0.25, 0.3) is 0 Å². The fourth-order valence-corrected chi connectivity index (χ4v) is 1.70. The predicted octanol–water partition coefficient (Wildman–Crippen LogP) is 4.14. The number of hydrogen-bond donors (Lipinski definition) is 1. The number of halogens is 1. The molecule has 2 aromatic carbocycles. The van der Waals surface area contributed by atoms with Crippen LogP contribution in [0.2, 0.25) is 5.02 Å². The van der Waals surface area contributed by atoms with Crippen LogP contribution in [0.25, 0.3) is 12.2 Å². The SMILES string of the molecule is O=C(C=Cc1ccc(Cl)cc1)NC=Cc1ccccc1. The van der Waals surface area contributed by atoms with E-state index in [1.54, 1.807) is 24.4 Å². The first-order valence-electron chi connectivity index (χ1n) is 6.20. The van der Waals surface area contributed by atoms with Gasteiger partial charge in [0.05, 0.1) is 0 Å². The standard InChI is InChI=1S/C17H14ClNO/c18-16-9-6-15(7-10-16)8-11-17(20)19-13-12-14-4-2-1-3-5-14/h1-13H,(H,19,20). The Balaban J connectivity index is 1.86. The molecule has 0 bridgehead atoms. The minimum atomic E-state index is -0.174. The molecule has 1 amide bonds. The molecule has 0 radical (unpaired) electrons. The molecule has 100 valence electrons. The minimum absolute atomic E-state index is 0.174. The molecule has 0 unspecified atom stereocenters. The maximum absolute atomic E-state index is 11.6. The van der Waals surface area contributed by atoms with Crippen molar-refractivity contribution in [1.29, 1.82) is 0 Å². The Morgan fingerprint density at radius 2 is 1.55 bits per heavy atom. The van der Waals surface area contributed by atoms with Crippen LogP contribution in [-0.2, 0) is 4.79 Å². The normalized spacial score (nSPS) is 11.1. The van der Waals surface area contributed by atoms with Gasteiger partial charge in [0, 0.05) is 17.3 Å². The van der Waals surface area contributed by atoms with E-state index in [9.17, 15) is 4.79 Å². The lowest BCUT2D eigenvalue weighted by molar-refractivity contribution is -0.115. The van der Waals surface area contributed by atoms with E-state index < -0.39 is 0 Å². The van der Waals surface area contributed by atoms with E-state index in [2.05, 4.69) is 5.32 Å². The highest BCUT2D eigenvalue weighted by Gasteiger charge is 1.92. The van der Waals surface area contributed by atoms with Crippen LogP contribution in [0.15, 0.2) is 66.9 Å². The zero-order valence-electron chi connectivity index (χ0n) is 10.8. The molecule has 0 aromatic heterocycles. The Morgan fingerprint density at radius 3 is 2.25 bits per heavy atom. The summed E-state index contributed by atoms with van der Waals surface area (Å²) in [4.78, 5) is 11.6. The molecule has 3 heteroatoms. The lowest BCUT2D eigenvalue weighted by Crippen LogP contribution is -2.12. The summed E-state index contributed by atoms with van der Waals surface area (Å²) in [5, 5.41) is 3.36. The smallest absolute Gasteiger partial charge is 0.247 e. The number of rotatable bonds is 4. The molecule has 2 rings (SSSR count). The lowest BCUT2D eigenvalue weighted by Gasteiger charge is -1.95. The van der Waals surface area contributed by atoms with Crippen LogP contribution < -0.4 is 5.32 Å². The van der Waals surface area contributed by atoms with E-state index in [4.69, 9.17) is 11.6 Å². The summed E-state index contributed by atoms with van der Waals surface area (Å²) in [5.41, 5.74) is 1.96. The Hall–Kier alpha value is -2.32. The zero-order chi connectivity index (χ0) is 14.2. The Morgan fingerprint density at radius 1 is 0.900 bits per heavy atom. The topological polar surface area (TPSA) is 29.1 Å². The van der Waals surface area contributed by atoms with Crippen LogP contribution in [-0.4, -0.2) is 5.91 Å². The summed E-state index contributed by atoms with van der Waals surface area (Å²) >= 11 is 5.79. The summed E-state index contributed by atoms with van der Waals surface area (Å²) in [6.07, 6.45) is 6.69. The van der Waals surface area contributed by atoms with E-state index in [0.717, 1.165) is 11.1 Å². The van der Waals surface area contributed by atoms with E-state index in [1.807, 2.05) is 48.5 Å². The second-order valence-electron chi connectivity index (χ2n) is 4.14. The fourth-order valence-electron chi connectivity index (χ4n) is 1.58. The number of carbonyl (C=O) groups excluding carboxylic acids is 1. The fraction of sp³-hybridized carbons (Fsp3) is 0. The third kappa shape index (κ3) is 4.75. The van der Waals surface area contributed by atoms with Crippen molar-refractivity contribution in [2.24, 2.45) is 0 Å². The maximum atomic E-state index is 11.6. The molecule has 20 heavy (non-hydrogen) atoms. The number of amides is 1. The van der Waals surface area contributed by atoms with Crippen molar-refractivity contribution in [3.63, 3.8) is 0 Å². The largest absolute Gasteiger partial charge is 0.329 e. The van der Waals surface area contributed by atoms with E-state index >= 15 is 0 Å². The molecule has 2 aromatic rings. The molecule has 0 saturated carbocycles. The van der Waals surface area contributed by atoms with Gasteiger partial charge >= 0.3 is 0 Å². The molecular formula is C17H14ClNO. The quantitative estimate of drug-likeness (QED) is 0.840. The maximum Gasteiger partial charge on any atom is 0.247 e. The molecule has 2 nitrogen and oxygen atoms in total. The number of hydrogen-bond acceptors (Lipinski definition) is 1. The number of nitrogens with one attached hydrogen (secondary N) is 1. The van der Waals surface area contributed by atoms with Gasteiger partial charge < -0.3 is 5.32 Å². The Kier molecular flexibility index (Phi) is 5.15. The van der Waals surface area contributed by atoms with Crippen molar-refractivity contribution in [1.82, 2.24) is 5.32 Å². The van der Waals surface area contributed by atoms with Crippen molar-refractivity contribution in [2.45, 2.75) is 0 Å². The van der Waals surface area contributed by atoms with E-state index in [0.29, 0.717) is 5.02 Å². The Labute approximate surface area is 123 Å². The zero-order valence-corrected chi connectivity index (χ0v) is 11.5. The predicted molar refractivity (Wildman–Crippen MR) is 84.1 cm³/mol. The molecule has 0 fully saturated rings. The van der Waals surface area contributed by atoms with Crippen LogP contribution in [0.4, 0.5) is 0 Å². The summed E-state index contributed by atoms with van der Waals surface area (Å²) in [7, 11) is 0. The summed E-state index contributed by atoms with van der Waals surface area (Å²) in [6, 6.07) is 17.0. The van der Waals surface area contributed by atoms with E-state index in [1.165, 1.54) is 6.08 Å². The van der Waals surface area contributed by atoms with E-state index in [-0.39, 0.29) is 5.91 Å². The summed E-state index contributed by atoms with van der Waals surface area (Å²) in [5.74, 6) is -0.174. The highest BCUT2D eigenvalue weighted by Crippen LogP contribution is 2.10. The first-order chi connectivity index (χ1) is 9.74. The third-order valence-corrected chi connectivity index (χ3v) is 2.85. The molecule has 0 aliphatic carbocycles. The van der Waals surface area contributed by atoms with Crippen molar-refractivity contribution in [3.8, 4) is 0 Å². The van der Waals surface area contributed by atoms with Crippen LogP contribution in [0.5, 0.6) is 0 Å². The first-order valence-corrected chi connectivity index (χ1v) is 6.57. The lowest BCUT2D eigenvalue weighted by atomic mass is 10.2. The van der Waals surface area contributed by atoms with Crippen molar-refractivity contribution >= 4 is 29.7 Å². The van der Waals surface area contributed by atoms with Crippen LogP contribution >= 0.6 is 11.6 Å².